The Morgan fingerprint density at radius 1 is 0.759 bits per heavy atom. The van der Waals surface area contributed by atoms with Gasteiger partial charge in [-0.05, 0) is 84.9 Å². The maximum atomic E-state index is 13.3. The minimum atomic E-state index is -0.613. The average molecular weight is 407 g/mol. The molecule has 8 atom stereocenters. The molecule has 0 aromatic carbocycles. The van der Waals surface area contributed by atoms with Crippen LogP contribution in [0.15, 0.2) is 0 Å². The van der Waals surface area contributed by atoms with E-state index >= 15 is 0 Å². The zero-order valence-corrected chi connectivity index (χ0v) is 20.9. The number of rotatable bonds is 7. The normalized spacial score (nSPS) is 37.0. The van der Waals surface area contributed by atoms with E-state index in [0.717, 1.165) is 12.3 Å². The Hall–Kier alpha value is -0.530. The van der Waals surface area contributed by atoms with Crippen LogP contribution in [-0.2, 0) is 4.79 Å². The van der Waals surface area contributed by atoms with Crippen LogP contribution in [0.4, 0.5) is 0 Å². The molecule has 2 rings (SSSR count). The van der Waals surface area contributed by atoms with Crippen LogP contribution >= 0.6 is 0 Å². The van der Waals surface area contributed by atoms with E-state index in [0.29, 0.717) is 41.4 Å². The highest BCUT2D eigenvalue weighted by Gasteiger charge is 2.58. The van der Waals surface area contributed by atoms with Crippen LogP contribution in [0.2, 0.25) is 0 Å². The molecule has 2 fully saturated rings. The van der Waals surface area contributed by atoms with Crippen molar-refractivity contribution in [2.75, 3.05) is 0 Å². The lowest BCUT2D eigenvalue weighted by Gasteiger charge is -2.55. The van der Waals surface area contributed by atoms with Crippen molar-refractivity contribution in [3.05, 3.63) is 0 Å². The Balaban J connectivity index is 2.56. The van der Waals surface area contributed by atoms with Crippen molar-refractivity contribution in [1.29, 1.82) is 0 Å². The highest BCUT2D eigenvalue weighted by Crippen LogP contribution is 2.58. The van der Waals surface area contributed by atoms with E-state index in [-0.39, 0.29) is 11.8 Å². The summed E-state index contributed by atoms with van der Waals surface area (Å²) in [6.45, 7) is 20.8. The number of carboxylic acid groups (broad SMARTS) is 1. The molecule has 0 spiro atoms. The molecule has 0 radical (unpaired) electrons. The summed E-state index contributed by atoms with van der Waals surface area (Å²) in [5.41, 5.74) is -0.613. The molecule has 0 saturated heterocycles. The number of hydrogen-bond donors (Lipinski definition) is 1. The Morgan fingerprint density at radius 3 is 1.69 bits per heavy atom. The van der Waals surface area contributed by atoms with E-state index in [1.54, 1.807) is 0 Å². The van der Waals surface area contributed by atoms with Crippen LogP contribution in [-0.4, -0.2) is 11.1 Å². The van der Waals surface area contributed by atoms with Crippen LogP contribution in [0.5, 0.6) is 0 Å². The summed E-state index contributed by atoms with van der Waals surface area (Å²) >= 11 is 0. The molecule has 8 unspecified atom stereocenters. The first-order chi connectivity index (χ1) is 13.4. The van der Waals surface area contributed by atoms with E-state index in [4.69, 9.17) is 0 Å². The molecule has 2 aliphatic rings. The van der Waals surface area contributed by atoms with Crippen molar-refractivity contribution >= 4 is 5.97 Å². The summed E-state index contributed by atoms with van der Waals surface area (Å²) in [6.07, 6.45) is 7.34. The third-order valence-electron chi connectivity index (χ3n) is 9.43. The first-order valence-corrected chi connectivity index (χ1v) is 12.7. The lowest BCUT2D eigenvalue weighted by Crippen LogP contribution is -2.56. The average Bonchev–Trinajstić information content (AvgIpc) is 2.61. The van der Waals surface area contributed by atoms with Gasteiger partial charge in [0, 0.05) is 0 Å². The second-order valence-corrected chi connectivity index (χ2v) is 12.1. The van der Waals surface area contributed by atoms with Gasteiger partial charge in [-0.2, -0.15) is 0 Å². The lowest BCUT2D eigenvalue weighted by atomic mass is 9.48. The van der Waals surface area contributed by atoms with Crippen LogP contribution in [0, 0.1) is 64.6 Å². The Morgan fingerprint density at radius 2 is 1.24 bits per heavy atom. The highest BCUT2D eigenvalue weighted by molar-refractivity contribution is 5.76. The Kier molecular flexibility index (Phi) is 8.30. The van der Waals surface area contributed by atoms with E-state index in [9.17, 15) is 9.90 Å². The molecule has 0 amide bonds. The molecule has 2 aliphatic carbocycles. The summed E-state index contributed by atoms with van der Waals surface area (Å²) in [5, 5.41) is 10.9. The van der Waals surface area contributed by atoms with Gasteiger partial charge in [-0.25, -0.2) is 0 Å². The second kappa shape index (κ2) is 9.73. The van der Waals surface area contributed by atoms with Gasteiger partial charge in [-0.3, -0.25) is 4.79 Å². The minimum absolute atomic E-state index is 0.164. The molecular formula is C27H50O2. The van der Waals surface area contributed by atoms with E-state index in [1.165, 1.54) is 32.1 Å². The first kappa shape index (κ1) is 24.7. The molecule has 0 aromatic heterocycles. The van der Waals surface area contributed by atoms with Gasteiger partial charge in [0.15, 0.2) is 0 Å². The molecule has 0 aliphatic heterocycles. The lowest BCUT2D eigenvalue weighted by molar-refractivity contribution is -0.175. The van der Waals surface area contributed by atoms with Crippen LogP contribution in [0.25, 0.3) is 0 Å². The van der Waals surface area contributed by atoms with Gasteiger partial charge in [0.1, 0.15) is 0 Å². The van der Waals surface area contributed by atoms with Crippen molar-refractivity contribution in [2.24, 2.45) is 64.6 Å². The van der Waals surface area contributed by atoms with Crippen molar-refractivity contribution in [3.8, 4) is 0 Å². The third kappa shape index (κ3) is 4.72. The van der Waals surface area contributed by atoms with Gasteiger partial charge >= 0.3 is 5.97 Å². The summed E-state index contributed by atoms with van der Waals surface area (Å²) in [6, 6.07) is 0. The van der Waals surface area contributed by atoms with E-state index in [2.05, 4.69) is 62.3 Å². The Labute approximate surface area is 181 Å². The Bertz CT molecular complexity index is 537. The molecule has 0 aromatic rings. The fourth-order valence-electron chi connectivity index (χ4n) is 7.85. The molecule has 2 saturated carbocycles. The van der Waals surface area contributed by atoms with E-state index in [1.807, 2.05) is 0 Å². The minimum Gasteiger partial charge on any atom is -0.481 e. The van der Waals surface area contributed by atoms with Gasteiger partial charge in [0.2, 0.25) is 0 Å². The van der Waals surface area contributed by atoms with Gasteiger partial charge in [0.25, 0.3) is 0 Å². The topological polar surface area (TPSA) is 37.3 Å². The smallest absolute Gasteiger partial charge is 0.310 e. The summed E-state index contributed by atoms with van der Waals surface area (Å²) < 4.78 is 0. The summed E-state index contributed by atoms with van der Waals surface area (Å²) in [7, 11) is 0. The van der Waals surface area contributed by atoms with Crippen molar-refractivity contribution in [1.82, 2.24) is 0 Å². The zero-order chi connectivity index (χ0) is 22.1. The molecular weight excluding hydrogens is 356 g/mol. The number of aliphatic carboxylic acids is 1. The SMILES string of the molecule is CC1CCC(C(C)C)C(C(C)C(C(=O)O)(C(C)C)C2CC(C)CCC2C(C)C)C1. The van der Waals surface area contributed by atoms with Crippen molar-refractivity contribution < 1.29 is 9.90 Å². The third-order valence-corrected chi connectivity index (χ3v) is 9.43. The van der Waals surface area contributed by atoms with Crippen molar-refractivity contribution in [3.63, 3.8) is 0 Å². The number of hydrogen-bond acceptors (Lipinski definition) is 1. The van der Waals surface area contributed by atoms with Gasteiger partial charge < -0.3 is 5.11 Å². The molecule has 0 bridgehead atoms. The van der Waals surface area contributed by atoms with Crippen LogP contribution < -0.4 is 0 Å². The standard InChI is InChI=1S/C27H50O2/c1-16(2)22-12-10-19(7)14-24(22)21(9)27(18(5)6,26(28)29)25-15-20(8)11-13-23(25)17(3)4/h16-25H,10-15H2,1-9H3,(H,28,29). The number of carbonyl (C=O) groups is 1. The first-order valence-electron chi connectivity index (χ1n) is 12.7. The monoisotopic (exact) mass is 406 g/mol. The zero-order valence-electron chi connectivity index (χ0n) is 20.9. The van der Waals surface area contributed by atoms with Gasteiger partial charge in [0.05, 0.1) is 5.41 Å². The fraction of sp³-hybridized carbons (Fsp3) is 0.963. The number of carboxylic acids is 1. The van der Waals surface area contributed by atoms with Crippen molar-refractivity contribution in [2.45, 2.75) is 101 Å². The van der Waals surface area contributed by atoms with Crippen LogP contribution in [0.1, 0.15) is 101 Å². The molecule has 170 valence electrons. The maximum Gasteiger partial charge on any atom is 0.310 e. The molecule has 1 N–H and O–H groups in total. The fourth-order valence-corrected chi connectivity index (χ4v) is 7.85. The van der Waals surface area contributed by atoms with Gasteiger partial charge in [-0.15, -0.1) is 0 Å². The van der Waals surface area contributed by atoms with E-state index < -0.39 is 11.4 Å². The van der Waals surface area contributed by atoms with Gasteiger partial charge in [-0.1, -0.05) is 75.2 Å². The summed E-state index contributed by atoms with van der Waals surface area (Å²) in [5.74, 6) is 4.47. The molecule has 0 heterocycles. The second-order valence-electron chi connectivity index (χ2n) is 12.1. The highest BCUT2D eigenvalue weighted by atomic mass is 16.4. The molecule has 2 nitrogen and oxygen atoms in total. The quantitative estimate of drug-likeness (QED) is 0.469. The van der Waals surface area contributed by atoms with Crippen LogP contribution in [0.3, 0.4) is 0 Å². The summed E-state index contributed by atoms with van der Waals surface area (Å²) in [4.78, 5) is 13.3. The molecule has 2 heteroatoms. The predicted molar refractivity (Wildman–Crippen MR) is 124 cm³/mol. The largest absolute Gasteiger partial charge is 0.481 e. The predicted octanol–water partition coefficient (Wildman–Crippen LogP) is 7.77. The maximum absolute atomic E-state index is 13.3. The molecule has 29 heavy (non-hydrogen) atoms.